The number of aliphatic hydroxyl groups excluding tert-OH is 1. The molecule has 2 aliphatic heterocycles. The number of carbonyl (C=O) groups excluding carboxylic acids is 4. The summed E-state index contributed by atoms with van der Waals surface area (Å²) < 4.78 is 29.7. The predicted molar refractivity (Wildman–Crippen MR) is 196 cm³/mol. The second-order valence-corrected chi connectivity index (χ2v) is 17.6. The number of amides is 1. The smallest absolute Gasteiger partial charge is 0.454 e. The molecule has 0 radical (unpaired) electrons. The first-order chi connectivity index (χ1) is 24.9. The molecule has 54 heavy (non-hydrogen) atoms. The SMILES string of the molecule is CC(=O)O[C@@H]1C(C)=C[C@@H]2[C@H](C(C)CO)CC[C@H](C)[C@]2(O)[C@H]1OC(=O)[C@@H]1C[C@@]2(OC(=O)OC(C)(C)C)c3cccc(Cl)c3N(C)O[C@H]2N1C(=O)OC(C)(C)C. The number of hydrogen-bond donors (Lipinski definition) is 2. The van der Waals surface area contributed by atoms with Crippen LogP contribution in [0.2, 0.25) is 5.02 Å². The minimum atomic E-state index is -1.88. The predicted octanol–water partition coefficient (Wildman–Crippen LogP) is 6.03. The third-order valence-corrected chi connectivity index (χ3v) is 11.2. The third-order valence-electron chi connectivity index (χ3n) is 10.9. The van der Waals surface area contributed by atoms with Crippen molar-refractivity contribution in [1.29, 1.82) is 0 Å². The molecular weight excluding hydrogens is 724 g/mol. The van der Waals surface area contributed by atoms with E-state index in [-0.39, 0.29) is 23.5 Å². The molecule has 1 saturated heterocycles. The maximum Gasteiger partial charge on any atom is 0.509 e. The molecule has 4 aliphatic rings. The van der Waals surface area contributed by atoms with Crippen molar-refractivity contribution in [3.63, 3.8) is 0 Å². The fourth-order valence-electron chi connectivity index (χ4n) is 8.51. The Bertz CT molecular complexity index is 1670. The molecule has 5 rings (SSSR count). The fraction of sp³-hybridized carbons (Fsp3) is 0.692. The number of nitrogens with zero attached hydrogens (tertiary/aromatic N) is 2. The van der Waals surface area contributed by atoms with Gasteiger partial charge in [0.25, 0.3) is 0 Å². The molecule has 15 heteroatoms. The van der Waals surface area contributed by atoms with E-state index in [4.69, 9.17) is 40.1 Å². The lowest BCUT2D eigenvalue weighted by Gasteiger charge is -2.55. The highest BCUT2D eigenvalue weighted by molar-refractivity contribution is 6.33. The lowest BCUT2D eigenvalue weighted by molar-refractivity contribution is -0.227. The van der Waals surface area contributed by atoms with E-state index in [2.05, 4.69) is 0 Å². The van der Waals surface area contributed by atoms with Crippen molar-refractivity contribution in [2.24, 2.45) is 23.7 Å². The lowest BCUT2D eigenvalue weighted by Crippen LogP contribution is -2.66. The summed E-state index contributed by atoms with van der Waals surface area (Å²) in [5.74, 6) is -3.05. The van der Waals surface area contributed by atoms with Crippen molar-refractivity contribution in [1.82, 2.24) is 4.90 Å². The summed E-state index contributed by atoms with van der Waals surface area (Å²) in [6.07, 6.45) is -3.46. The van der Waals surface area contributed by atoms with Crippen molar-refractivity contribution in [3.8, 4) is 0 Å². The molecule has 10 atom stereocenters. The Kier molecular flexibility index (Phi) is 11.4. The highest BCUT2D eigenvalue weighted by atomic mass is 35.5. The van der Waals surface area contributed by atoms with Gasteiger partial charge in [0.1, 0.15) is 22.8 Å². The average Bonchev–Trinajstić information content (AvgIpc) is 3.37. The van der Waals surface area contributed by atoms with Gasteiger partial charge in [-0.05, 0) is 90.7 Å². The molecule has 2 N–H and O–H groups in total. The standard InChI is InChI=1S/C39H55ClN2O12/c1-20-17-26-24(21(2)19-43)16-15-22(3)39(26,48)31(30(20)49-23(4)44)50-32(45)28-18-38(53-35(47)52-37(8,9)10)25-13-12-14-27(40)29(25)41(11)54-33(38)42(28)34(46)51-36(5,6)7/h12-14,17,21-22,24,26,28,30-31,33,43,48H,15-16,18-19H2,1-11H3/t21?,22-,24-,26+,28-,30+,31-,33+,38+,39+/m0/s1. The number of benzene rings is 1. The van der Waals surface area contributed by atoms with Crippen LogP contribution in [-0.4, -0.2) is 94.2 Å². The van der Waals surface area contributed by atoms with Gasteiger partial charge in [0.05, 0.1) is 10.7 Å². The summed E-state index contributed by atoms with van der Waals surface area (Å²) in [4.78, 5) is 62.6. The van der Waals surface area contributed by atoms with Crippen molar-refractivity contribution in [3.05, 3.63) is 40.4 Å². The first-order valence-electron chi connectivity index (χ1n) is 18.5. The van der Waals surface area contributed by atoms with Crippen LogP contribution >= 0.6 is 11.6 Å². The van der Waals surface area contributed by atoms with E-state index >= 15 is 0 Å². The van der Waals surface area contributed by atoms with Gasteiger partial charge < -0.3 is 33.9 Å². The van der Waals surface area contributed by atoms with Crippen LogP contribution in [0, 0.1) is 23.7 Å². The summed E-state index contributed by atoms with van der Waals surface area (Å²) >= 11 is 6.68. The van der Waals surface area contributed by atoms with Crippen LogP contribution in [-0.2, 0) is 43.7 Å². The number of ether oxygens (including phenoxy) is 5. The number of hydroxylamine groups is 1. The Morgan fingerprint density at radius 1 is 1.06 bits per heavy atom. The van der Waals surface area contributed by atoms with E-state index in [0.29, 0.717) is 29.7 Å². The minimum absolute atomic E-state index is 0.121. The molecule has 2 fully saturated rings. The molecule has 0 bridgehead atoms. The molecule has 2 aliphatic carbocycles. The van der Waals surface area contributed by atoms with Gasteiger partial charge >= 0.3 is 24.2 Å². The van der Waals surface area contributed by atoms with Crippen LogP contribution in [0.3, 0.4) is 0 Å². The lowest BCUT2D eigenvalue weighted by atomic mass is 9.55. The minimum Gasteiger partial charge on any atom is -0.454 e. The van der Waals surface area contributed by atoms with Crippen LogP contribution in [0.25, 0.3) is 0 Å². The molecule has 300 valence electrons. The van der Waals surface area contributed by atoms with Gasteiger partial charge in [-0.15, -0.1) is 0 Å². The van der Waals surface area contributed by atoms with Crippen molar-refractivity contribution in [2.45, 2.75) is 135 Å². The Hall–Kier alpha value is -3.59. The fourth-order valence-corrected chi connectivity index (χ4v) is 8.81. The van der Waals surface area contributed by atoms with Gasteiger partial charge in [0.2, 0.25) is 6.23 Å². The number of halogens is 1. The molecule has 1 aromatic rings. The maximum atomic E-state index is 14.9. The Morgan fingerprint density at radius 3 is 2.30 bits per heavy atom. The van der Waals surface area contributed by atoms with Gasteiger partial charge in [-0.25, -0.2) is 19.2 Å². The Morgan fingerprint density at radius 2 is 1.70 bits per heavy atom. The first-order valence-corrected chi connectivity index (χ1v) is 18.8. The molecule has 1 amide bonds. The number of para-hydroxylation sites is 1. The second-order valence-electron chi connectivity index (χ2n) is 17.2. The largest absolute Gasteiger partial charge is 0.509 e. The summed E-state index contributed by atoms with van der Waals surface area (Å²) in [7, 11) is 1.56. The van der Waals surface area contributed by atoms with Crippen molar-refractivity contribution in [2.75, 3.05) is 18.7 Å². The van der Waals surface area contributed by atoms with Crippen LogP contribution in [0.5, 0.6) is 0 Å². The molecular formula is C39H55ClN2O12. The average molecular weight is 779 g/mol. The van der Waals surface area contributed by atoms with E-state index in [1.807, 2.05) is 19.9 Å². The molecule has 0 aromatic heterocycles. The monoisotopic (exact) mass is 778 g/mol. The first kappa shape index (κ1) is 41.6. The third kappa shape index (κ3) is 7.63. The number of rotatable bonds is 6. The number of likely N-dealkylation sites (tertiary alicyclic amines) is 1. The van der Waals surface area contributed by atoms with E-state index < -0.39 is 89.3 Å². The normalized spacial score (nSPS) is 32.6. The molecule has 2 heterocycles. The second kappa shape index (κ2) is 14.8. The topological polar surface area (TPSA) is 171 Å². The summed E-state index contributed by atoms with van der Waals surface area (Å²) in [6, 6.07) is 3.38. The number of esters is 2. The maximum absolute atomic E-state index is 14.9. The molecule has 1 unspecified atom stereocenters. The number of anilines is 1. The number of fused-ring (bicyclic) bond motifs is 4. The van der Waals surface area contributed by atoms with Crippen molar-refractivity contribution >= 4 is 41.5 Å². The van der Waals surface area contributed by atoms with E-state index in [0.717, 1.165) is 4.90 Å². The van der Waals surface area contributed by atoms with E-state index in [1.54, 1.807) is 73.7 Å². The van der Waals surface area contributed by atoms with Crippen molar-refractivity contribution < 1.29 is 57.9 Å². The Balaban J connectivity index is 1.66. The van der Waals surface area contributed by atoms with Gasteiger partial charge in [0.15, 0.2) is 17.8 Å². The summed E-state index contributed by atoms with van der Waals surface area (Å²) in [5.41, 5.74) is -4.41. The van der Waals surface area contributed by atoms with Gasteiger partial charge in [-0.1, -0.05) is 43.7 Å². The highest BCUT2D eigenvalue weighted by Gasteiger charge is 2.67. The number of aliphatic hydroxyl groups is 2. The molecule has 1 saturated carbocycles. The summed E-state index contributed by atoms with van der Waals surface area (Å²) in [6.45, 7) is 16.6. The van der Waals surface area contributed by atoms with Gasteiger partial charge in [-0.3, -0.25) is 14.8 Å². The van der Waals surface area contributed by atoms with Crippen LogP contribution in [0.4, 0.5) is 15.3 Å². The van der Waals surface area contributed by atoms with Crippen LogP contribution in [0.1, 0.15) is 94.1 Å². The van der Waals surface area contributed by atoms with Gasteiger partial charge in [-0.2, -0.15) is 0 Å². The molecule has 14 nitrogen and oxygen atoms in total. The Labute approximate surface area is 321 Å². The van der Waals surface area contributed by atoms with Gasteiger partial charge in [0, 0.05) is 38.5 Å². The molecule has 0 spiro atoms. The number of hydrogen-bond acceptors (Lipinski definition) is 13. The quantitative estimate of drug-likeness (QED) is 0.195. The molecule has 1 aromatic carbocycles. The zero-order chi connectivity index (χ0) is 40.3. The van der Waals surface area contributed by atoms with E-state index in [1.165, 1.54) is 12.0 Å². The zero-order valence-electron chi connectivity index (χ0n) is 33.0. The van der Waals surface area contributed by atoms with Crippen LogP contribution < -0.4 is 5.06 Å². The highest BCUT2D eigenvalue weighted by Crippen LogP contribution is 2.55. The van der Waals surface area contributed by atoms with E-state index in [9.17, 15) is 29.4 Å². The van der Waals surface area contributed by atoms with Crippen LogP contribution in [0.15, 0.2) is 29.8 Å². The summed E-state index contributed by atoms with van der Waals surface area (Å²) in [5, 5.41) is 24.5. The zero-order valence-corrected chi connectivity index (χ0v) is 33.8. The number of carbonyl (C=O) groups is 4.